The molecule has 1 fully saturated rings. The van der Waals surface area contributed by atoms with Gasteiger partial charge in [-0.2, -0.15) is 4.98 Å². The van der Waals surface area contributed by atoms with Gasteiger partial charge in [0, 0.05) is 18.9 Å². The molecule has 2 aromatic rings. The first-order valence-electron chi connectivity index (χ1n) is 5.33. The van der Waals surface area contributed by atoms with E-state index < -0.39 is 5.60 Å². The third-order valence-electron chi connectivity index (χ3n) is 2.72. The van der Waals surface area contributed by atoms with E-state index in [-0.39, 0.29) is 5.89 Å². The first kappa shape index (κ1) is 10.3. The molecule has 0 bridgehead atoms. The average molecular weight is 233 g/mol. The highest BCUT2D eigenvalue weighted by Gasteiger charge is 2.38. The van der Waals surface area contributed by atoms with Gasteiger partial charge in [0.15, 0.2) is 5.60 Å². The van der Waals surface area contributed by atoms with Crippen molar-refractivity contribution in [2.24, 2.45) is 0 Å². The van der Waals surface area contributed by atoms with Gasteiger partial charge < -0.3 is 14.9 Å². The largest absolute Gasteiger partial charge is 0.379 e. The fourth-order valence-corrected chi connectivity index (χ4v) is 1.78. The van der Waals surface area contributed by atoms with Gasteiger partial charge in [0.05, 0.1) is 0 Å². The van der Waals surface area contributed by atoms with E-state index in [0.29, 0.717) is 24.6 Å². The number of hydrogen-bond acceptors (Lipinski definition) is 7. The number of β-amino-alcohol motifs (C(OH)–C–C–N with tert-alkyl or cyclic N) is 1. The van der Waals surface area contributed by atoms with Crippen LogP contribution in [0.3, 0.4) is 0 Å². The standard InChI is InChI=1S/C10H11N5O2/c16-10(2-5-11-6-10)9-14-8(15-17-9)7-12-3-1-4-13-7/h1,3-4,11,16H,2,5-6H2. The van der Waals surface area contributed by atoms with Gasteiger partial charge in [-0.3, -0.25) is 0 Å². The third-order valence-corrected chi connectivity index (χ3v) is 2.72. The molecule has 0 amide bonds. The highest BCUT2D eigenvalue weighted by Crippen LogP contribution is 2.27. The molecule has 1 aliphatic heterocycles. The fourth-order valence-electron chi connectivity index (χ4n) is 1.78. The topological polar surface area (TPSA) is 97.0 Å². The van der Waals surface area contributed by atoms with Gasteiger partial charge in [0.25, 0.3) is 5.89 Å². The maximum Gasteiger partial charge on any atom is 0.260 e. The molecule has 2 N–H and O–H groups in total. The van der Waals surface area contributed by atoms with E-state index in [1.165, 1.54) is 0 Å². The van der Waals surface area contributed by atoms with Crippen molar-refractivity contribution in [2.75, 3.05) is 13.1 Å². The maximum atomic E-state index is 10.2. The molecule has 1 aliphatic rings. The van der Waals surface area contributed by atoms with Gasteiger partial charge in [-0.15, -0.1) is 0 Å². The van der Waals surface area contributed by atoms with Gasteiger partial charge in [0.2, 0.25) is 11.6 Å². The summed E-state index contributed by atoms with van der Waals surface area (Å²) in [4.78, 5) is 12.2. The highest BCUT2D eigenvalue weighted by molar-refractivity contribution is 5.40. The van der Waals surface area contributed by atoms with E-state index in [0.717, 1.165) is 6.54 Å². The minimum atomic E-state index is -1.07. The second kappa shape index (κ2) is 3.86. The first-order chi connectivity index (χ1) is 8.28. The molecule has 0 spiro atoms. The van der Waals surface area contributed by atoms with E-state index in [1.54, 1.807) is 18.5 Å². The Morgan fingerprint density at radius 2 is 2.12 bits per heavy atom. The molecule has 0 radical (unpaired) electrons. The number of aromatic nitrogens is 4. The summed E-state index contributed by atoms with van der Waals surface area (Å²) < 4.78 is 5.07. The van der Waals surface area contributed by atoms with Crippen LogP contribution >= 0.6 is 0 Å². The van der Waals surface area contributed by atoms with Gasteiger partial charge in [-0.25, -0.2) is 9.97 Å². The molecule has 3 heterocycles. The Bertz CT molecular complexity index is 506. The van der Waals surface area contributed by atoms with Crippen LogP contribution in [0.25, 0.3) is 11.6 Å². The van der Waals surface area contributed by atoms with Crippen LogP contribution in [0.5, 0.6) is 0 Å². The van der Waals surface area contributed by atoms with Crippen molar-refractivity contribution in [3.05, 3.63) is 24.4 Å². The summed E-state index contributed by atoms with van der Waals surface area (Å²) in [6.45, 7) is 1.15. The van der Waals surface area contributed by atoms with Gasteiger partial charge in [-0.1, -0.05) is 5.16 Å². The molecule has 88 valence electrons. The smallest absolute Gasteiger partial charge is 0.260 e. The Morgan fingerprint density at radius 1 is 1.29 bits per heavy atom. The van der Waals surface area contributed by atoms with Crippen molar-refractivity contribution in [2.45, 2.75) is 12.0 Å². The SMILES string of the molecule is OC1(c2nc(-c3ncccn3)no2)CCNC1. The lowest BCUT2D eigenvalue weighted by Crippen LogP contribution is -2.28. The van der Waals surface area contributed by atoms with E-state index in [2.05, 4.69) is 25.4 Å². The second-order valence-electron chi connectivity index (χ2n) is 3.95. The molecular weight excluding hydrogens is 222 g/mol. The summed E-state index contributed by atoms with van der Waals surface area (Å²) >= 11 is 0. The second-order valence-corrected chi connectivity index (χ2v) is 3.95. The minimum absolute atomic E-state index is 0.213. The summed E-state index contributed by atoms with van der Waals surface area (Å²) in [7, 11) is 0. The molecule has 0 saturated carbocycles. The van der Waals surface area contributed by atoms with Gasteiger partial charge in [-0.05, 0) is 19.0 Å². The Hall–Kier alpha value is -1.86. The number of aliphatic hydroxyl groups is 1. The molecular formula is C10H11N5O2. The Morgan fingerprint density at radius 3 is 2.82 bits per heavy atom. The number of nitrogens with zero attached hydrogens (tertiary/aromatic N) is 4. The monoisotopic (exact) mass is 233 g/mol. The zero-order chi connectivity index (χ0) is 11.7. The highest BCUT2D eigenvalue weighted by atomic mass is 16.5. The molecule has 0 aromatic carbocycles. The predicted octanol–water partition coefficient (Wildman–Crippen LogP) is -0.293. The molecule has 3 rings (SSSR count). The average Bonchev–Trinajstić information content (AvgIpc) is 2.99. The molecule has 1 unspecified atom stereocenters. The molecule has 17 heavy (non-hydrogen) atoms. The van der Waals surface area contributed by atoms with Crippen LogP contribution in [0.15, 0.2) is 23.0 Å². The van der Waals surface area contributed by atoms with Crippen molar-refractivity contribution < 1.29 is 9.63 Å². The van der Waals surface area contributed by atoms with Crippen molar-refractivity contribution in [1.82, 2.24) is 25.4 Å². The van der Waals surface area contributed by atoms with Gasteiger partial charge in [0.1, 0.15) is 0 Å². The van der Waals surface area contributed by atoms with Crippen LogP contribution in [0.2, 0.25) is 0 Å². The summed E-state index contributed by atoms with van der Waals surface area (Å²) in [6.07, 6.45) is 3.76. The molecule has 0 aliphatic carbocycles. The lowest BCUT2D eigenvalue weighted by Gasteiger charge is -2.14. The summed E-state index contributed by atoms with van der Waals surface area (Å²) in [6, 6.07) is 1.71. The molecule has 7 heteroatoms. The van der Waals surface area contributed by atoms with E-state index >= 15 is 0 Å². The zero-order valence-corrected chi connectivity index (χ0v) is 9.00. The lowest BCUT2D eigenvalue weighted by molar-refractivity contribution is 0.0243. The van der Waals surface area contributed by atoms with E-state index in [4.69, 9.17) is 4.52 Å². The van der Waals surface area contributed by atoms with Crippen molar-refractivity contribution in [1.29, 1.82) is 0 Å². The predicted molar refractivity (Wildman–Crippen MR) is 56.7 cm³/mol. The first-order valence-corrected chi connectivity index (χ1v) is 5.33. The fraction of sp³-hybridized carbons (Fsp3) is 0.400. The van der Waals surface area contributed by atoms with Crippen LogP contribution in [0.4, 0.5) is 0 Å². The zero-order valence-electron chi connectivity index (χ0n) is 9.00. The minimum Gasteiger partial charge on any atom is -0.379 e. The Kier molecular flexibility index (Phi) is 2.34. The van der Waals surface area contributed by atoms with Crippen LogP contribution in [-0.2, 0) is 5.60 Å². The summed E-state index contributed by atoms with van der Waals surface area (Å²) in [5.41, 5.74) is -1.07. The number of rotatable bonds is 2. The van der Waals surface area contributed by atoms with Gasteiger partial charge >= 0.3 is 0 Å². The Labute approximate surface area is 96.9 Å². The van der Waals surface area contributed by atoms with Crippen molar-refractivity contribution in [3.8, 4) is 11.6 Å². The van der Waals surface area contributed by atoms with Crippen LogP contribution in [0, 0.1) is 0 Å². The van der Waals surface area contributed by atoms with Crippen molar-refractivity contribution in [3.63, 3.8) is 0 Å². The summed E-state index contributed by atoms with van der Waals surface area (Å²) in [5, 5.41) is 17.1. The van der Waals surface area contributed by atoms with Crippen molar-refractivity contribution >= 4 is 0 Å². The normalized spacial score (nSPS) is 24.1. The molecule has 7 nitrogen and oxygen atoms in total. The third kappa shape index (κ3) is 1.79. The van der Waals surface area contributed by atoms with Crippen LogP contribution < -0.4 is 5.32 Å². The summed E-state index contributed by atoms with van der Waals surface area (Å²) in [5.74, 6) is 0.892. The quantitative estimate of drug-likeness (QED) is 0.735. The molecule has 2 aromatic heterocycles. The van der Waals surface area contributed by atoms with Crippen LogP contribution in [0.1, 0.15) is 12.3 Å². The number of nitrogens with one attached hydrogen (secondary N) is 1. The lowest BCUT2D eigenvalue weighted by atomic mass is 10.0. The number of hydrogen-bond donors (Lipinski definition) is 2. The van der Waals surface area contributed by atoms with E-state index in [9.17, 15) is 5.11 Å². The molecule has 1 atom stereocenters. The van der Waals surface area contributed by atoms with E-state index in [1.807, 2.05) is 0 Å². The Balaban J connectivity index is 1.93. The maximum absolute atomic E-state index is 10.2. The van der Waals surface area contributed by atoms with Crippen LogP contribution in [-0.4, -0.2) is 38.3 Å². The molecule has 1 saturated heterocycles.